The largest absolute Gasteiger partial charge is 0.325 e. The Morgan fingerprint density at radius 1 is 0.758 bits per heavy atom. The summed E-state index contributed by atoms with van der Waals surface area (Å²) in [4.78, 5) is 24.4. The van der Waals surface area contributed by atoms with Crippen molar-refractivity contribution >= 4 is 45.7 Å². The van der Waals surface area contributed by atoms with E-state index in [0.29, 0.717) is 22.3 Å². The van der Waals surface area contributed by atoms with Gasteiger partial charge in [0.2, 0.25) is 16.9 Å². The van der Waals surface area contributed by atoms with Crippen molar-refractivity contribution < 1.29 is 9.59 Å². The SMILES string of the molecule is O=C(CSc1nnc(NC(=O)CCc2ccccc2)s1)Nc1ccc(-c2ccccc2)cc1. The number of thioether (sulfide) groups is 1. The van der Waals surface area contributed by atoms with Crippen LogP contribution in [0.15, 0.2) is 89.3 Å². The van der Waals surface area contributed by atoms with Gasteiger partial charge in [0.05, 0.1) is 5.75 Å². The number of benzene rings is 3. The van der Waals surface area contributed by atoms with Crippen molar-refractivity contribution in [1.29, 1.82) is 0 Å². The molecule has 2 amide bonds. The van der Waals surface area contributed by atoms with Crippen LogP contribution >= 0.6 is 23.1 Å². The molecule has 0 aliphatic carbocycles. The number of carbonyl (C=O) groups is 2. The fourth-order valence-corrected chi connectivity index (χ4v) is 4.67. The first-order chi connectivity index (χ1) is 16.2. The Morgan fingerprint density at radius 2 is 1.42 bits per heavy atom. The highest BCUT2D eigenvalue weighted by atomic mass is 32.2. The molecule has 4 rings (SSSR count). The molecule has 4 aromatic rings. The number of nitrogens with one attached hydrogen (secondary N) is 2. The van der Waals surface area contributed by atoms with E-state index in [1.807, 2.05) is 84.9 Å². The molecule has 0 aliphatic heterocycles. The third-order valence-electron chi connectivity index (χ3n) is 4.74. The molecule has 166 valence electrons. The summed E-state index contributed by atoms with van der Waals surface area (Å²) in [5, 5.41) is 14.1. The number of aromatic nitrogens is 2. The van der Waals surface area contributed by atoms with Gasteiger partial charge >= 0.3 is 0 Å². The predicted molar refractivity (Wildman–Crippen MR) is 135 cm³/mol. The van der Waals surface area contributed by atoms with Crippen LogP contribution in [0.25, 0.3) is 11.1 Å². The maximum absolute atomic E-state index is 12.3. The van der Waals surface area contributed by atoms with Crippen molar-refractivity contribution in [2.24, 2.45) is 0 Å². The number of anilines is 2. The lowest BCUT2D eigenvalue weighted by Crippen LogP contribution is -2.13. The number of hydrogen-bond acceptors (Lipinski definition) is 6. The molecule has 3 aromatic carbocycles. The molecule has 0 radical (unpaired) electrons. The van der Waals surface area contributed by atoms with Crippen LogP contribution in [-0.2, 0) is 16.0 Å². The van der Waals surface area contributed by atoms with Crippen LogP contribution in [0.2, 0.25) is 0 Å². The minimum absolute atomic E-state index is 0.108. The number of nitrogens with zero attached hydrogens (tertiary/aromatic N) is 2. The predicted octanol–water partition coefficient (Wildman–Crippen LogP) is 5.51. The van der Waals surface area contributed by atoms with Crippen LogP contribution in [0.3, 0.4) is 0 Å². The molecule has 1 heterocycles. The lowest BCUT2D eigenvalue weighted by molar-refractivity contribution is -0.116. The van der Waals surface area contributed by atoms with E-state index in [9.17, 15) is 9.59 Å². The third kappa shape index (κ3) is 7.00. The van der Waals surface area contributed by atoms with E-state index in [1.54, 1.807) is 0 Å². The van der Waals surface area contributed by atoms with Gasteiger partial charge in [-0.05, 0) is 35.2 Å². The standard InChI is InChI=1S/C25H22N4O2S2/c30-22(16-11-18-7-3-1-4-8-18)27-24-28-29-25(33-24)32-17-23(31)26-21-14-12-20(13-15-21)19-9-5-2-6-10-19/h1-10,12-15H,11,16-17H2,(H,26,31)(H,27,28,30). The van der Waals surface area contributed by atoms with Gasteiger partial charge in [0.25, 0.3) is 0 Å². The second-order valence-corrected chi connectivity index (χ2v) is 9.39. The monoisotopic (exact) mass is 474 g/mol. The fourth-order valence-electron chi connectivity index (χ4n) is 3.10. The number of amides is 2. The third-order valence-corrected chi connectivity index (χ3v) is 6.71. The minimum Gasteiger partial charge on any atom is -0.325 e. The zero-order valence-corrected chi connectivity index (χ0v) is 19.4. The van der Waals surface area contributed by atoms with Gasteiger partial charge < -0.3 is 10.6 Å². The number of aryl methyl sites for hydroxylation is 1. The second kappa shape index (κ2) is 11.4. The van der Waals surface area contributed by atoms with Crippen molar-refractivity contribution in [2.75, 3.05) is 16.4 Å². The smallest absolute Gasteiger partial charge is 0.234 e. The van der Waals surface area contributed by atoms with Gasteiger partial charge in [-0.25, -0.2) is 0 Å². The topological polar surface area (TPSA) is 84.0 Å². The Morgan fingerprint density at radius 3 is 2.15 bits per heavy atom. The Hall–Kier alpha value is -3.49. The summed E-state index contributed by atoms with van der Waals surface area (Å²) >= 11 is 2.55. The molecule has 0 bridgehead atoms. The maximum Gasteiger partial charge on any atom is 0.234 e. The summed E-state index contributed by atoms with van der Waals surface area (Å²) in [5.41, 5.74) is 4.08. The van der Waals surface area contributed by atoms with Gasteiger partial charge in [-0.15, -0.1) is 10.2 Å². The van der Waals surface area contributed by atoms with Crippen LogP contribution in [0.4, 0.5) is 10.8 Å². The van der Waals surface area contributed by atoms with Crippen molar-refractivity contribution in [3.05, 3.63) is 90.5 Å². The van der Waals surface area contributed by atoms with Crippen LogP contribution in [-0.4, -0.2) is 27.8 Å². The molecule has 8 heteroatoms. The molecule has 0 fully saturated rings. The average Bonchev–Trinajstić information content (AvgIpc) is 3.30. The minimum atomic E-state index is -0.129. The van der Waals surface area contributed by atoms with Crippen LogP contribution in [0, 0.1) is 0 Å². The number of rotatable bonds is 9. The quantitative estimate of drug-likeness (QED) is 0.247. The highest BCUT2D eigenvalue weighted by molar-refractivity contribution is 8.01. The lowest BCUT2D eigenvalue weighted by Gasteiger charge is -2.06. The molecule has 1 aromatic heterocycles. The van der Waals surface area contributed by atoms with E-state index in [0.717, 1.165) is 22.4 Å². The first kappa shape index (κ1) is 22.7. The Kier molecular flexibility index (Phi) is 7.84. The van der Waals surface area contributed by atoms with Crippen molar-refractivity contribution in [3.8, 4) is 11.1 Å². The summed E-state index contributed by atoms with van der Waals surface area (Å²) in [6.07, 6.45) is 1.04. The van der Waals surface area contributed by atoms with E-state index in [1.165, 1.54) is 23.1 Å². The highest BCUT2D eigenvalue weighted by Gasteiger charge is 2.11. The Labute approximate surface area is 200 Å². The molecule has 33 heavy (non-hydrogen) atoms. The zero-order chi connectivity index (χ0) is 22.9. The summed E-state index contributed by atoms with van der Waals surface area (Å²) < 4.78 is 0.628. The highest BCUT2D eigenvalue weighted by Crippen LogP contribution is 2.26. The van der Waals surface area contributed by atoms with Crippen LogP contribution in [0.1, 0.15) is 12.0 Å². The van der Waals surface area contributed by atoms with Gasteiger partial charge in [-0.1, -0.05) is 95.9 Å². The molecule has 6 nitrogen and oxygen atoms in total. The van der Waals surface area contributed by atoms with E-state index in [-0.39, 0.29) is 17.6 Å². The molecule has 0 spiro atoms. The molecular formula is C25H22N4O2S2. The van der Waals surface area contributed by atoms with E-state index in [4.69, 9.17) is 0 Å². The maximum atomic E-state index is 12.3. The lowest BCUT2D eigenvalue weighted by atomic mass is 10.1. The van der Waals surface area contributed by atoms with Crippen molar-refractivity contribution in [2.45, 2.75) is 17.2 Å². The number of hydrogen-bond donors (Lipinski definition) is 2. The van der Waals surface area contributed by atoms with Gasteiger partial charge in [0, 0.05) is 12.1 Å². The molecule has 2 N–H and O–H groups in total. The average molecular weight is 475 g/mol. The van der Waals surface area contributed by atoms with E-state index in [2.05, 4.69) is 20.8 Å². The summed E-state index contributed by atoms with van der Waals surface area (Å²) in [6.45, 7) is 0. The van der Waals surface area contributed by atoms with E-state index < -0.39 is 0 Å². The first-order valence-electron chi connectivity index (χ1n) is 10.4. The van der Waals surface area contributed by atoms with Crippen LogP contribution in [0.5, 0.6) is 0 Å². The Bertz CT molecular complexity index is 1200. The van der Waals surface area contributed by atoms with Gasteiger partial charge in [-0.2, -0.15) is 0 Å². The number of carbonyl (C=O) groups excluding carboxylic acids is 2. The summed E-state index contributed by atoms with van der Waals surface area (Å²) in [5.74, 6) is -0.0313. The summed E-state index contributed by atoms with van der Waals surface area (Å²) in [6, 6.07) is 27.7. The Balaban J connectivity index is 1.21. The molecule has 0 saturated heterocycles. The van der Waals surface area contributed by atoms with E-state index >= 15 is 0 Å². The fraction of sp³-hybridized carbons (Fsp3) is 0.120. The van der Waals surface area contributed by atoms with Crippen molar-refractivity contribution in [3.63, 3.8) is 0 Å². The summed E-state index contributed by atoms with van der Waals surface area (Å²) in [7, 11) is 0. The molecule has 0 aliphatic rings. The molecular weight excluding hydrogens is 452 g/mol. The van der Waals surface area contributed by atoms with Gasteiger partial charge in [0.1, 0.15) is 0 Å². The molecule has 0 unspecified atom stereocenters. The van der Waals surface area contributed by atoms with Gasteiger partial charge in [0.15, 0.2) is 4.34 Å². The zero-order valence-electron chi connectivity index (χ0n) is 17.7. The normalized spacial score (nSPS) is 10.5. The van der Waals surface area contributed by atoms with Gasteiger partial charge in [-0.3, -0.25) is 9.59 Å². The molecule has 0 atom stereocenters. The second-order valence-electron chi connectivity index (χ2n) is 7.19. The molecule has 0 saturated carbocycles. The van der Waals surface area contributed by atoms with Crippen LogP contribution < -0.4 is 10.6 Å². The first-order valence-corrected chi connectivity index (χ1v) is 12.2. The van der Waals surface area contributed by atoms with Crippen molar-refractivity contribution in [1.82, 2.24) is 10.2 Å².